The lowest BCUT2D eigenvalue weighted by molar-refractivity contribution is 0.102. The number of benzene rings is 2. The average molecular weight is 371 g/mol. The Morgan fingerprint density at radius 2 is 1.81 bits per heavy atom. The third-order valence-electron chi connectivity index (χ3n) is 3.93. The van der Waals surface area contributed by atoms with Crippen LogP contribution in [0.2, 0.25) is 0 Å². The summed E-state index contributed by atoms with van der Waals surface area (Å²) in [6.07, 6.45) is 4.24. The van der Waals surface area contributed by atoms with Crippen LogP contribution < -0.4 is 11.0 Å². The zero-order valence-electron chi connectivity index (χ0n) is 14.2. The number of nitrogens with zero attached hydrogens (tertiary/aromatic N) is 1. The van der Waals surface area contributed by atoms with Gasteiger partial charge in [0.15, 0.2) is 9.84 Å². The number of hydrogen-bond donors (Lipinski definition) is 2. The molecule has 0 unspecified atom stereocenters. The van der Waals surface area contributed by atoms with Crippen molar-refractivity contribution in [2.24, 2.45) is 0 Å². The highest BCUT2D eigenvalue weighted by molar-refractivity contribution is 7.90. The quantitative estimate of drug-likeness (QED) is 0.733. The minimum atomic E-state index is -3.40. The predicted molar refractivity (Wildman–Crippen MR) is 98.6 cm³/mol. The molecule has 0 aliphatic rings. The number of carbonyl (C=O) groups excluding carboxylic acids is 1. The summed E-state index contributed by atoms with van der Waals surface area (Å²) in [5.41, 5.74) is 1.90. The minimum absolute atomic E-state index is 0.0930. The second-order valence-corrected chi connectivity index (χ2v) is 7.90. The van der Waals surface area contributed by atoms with Crippen LogP contribution in [-0.4, -0.2) is 30.1 Å². The van der Waals surface area contributed by atoms with Gasteiger partial charge in [-0.05, 0) is 48.9 Å². The van der Waals surface area contributed by atoms with Gasteiger partial charge in [-0.1, -0.05) is 6.07 Å². The molecule has 1 heterocycles. The van der Waals surface area contributed by atoms with Crippen molar-refractivity contribution in [1.82, 2.24) is 9.55 Å². The van der Waals surface area contributed by atoms with E-state index in [1.165, 1.54) is 22.9 Å². The van der Waals surface area contributed by atoms with E-state index in [0.29, 0.717) is 22.5 Å². The molecule has 0 aliphatic carbocycles. The molecule has 0 bridgehead atoms. The fourth-order valence-corrected chi connectivity index (χ4v) is 3.15. The smallest absolute Gasteiger partial charge is 0.322 e. The van der Waals surface area contributed by atoms with Crippen molar-refractivity contribution in [2.75, 3.05) is 11.6 Å². The van der Waals surface area contributed by atoms with Gasteiger partial charge in [-0.25, -0.2) is 13.2 Å². The second kappa shape index (κ2) is 6.64. The van der Waals surface area contributed by atoms with Crippen LogP contribution in [0.4, 0.5) is 5.69 Å². The predicted octanol–water partition coefficient (Wildman–Crippen LogP) is 2.13. The van der Waals surface area contributed by atoms with Crippen LogP contribution in [0.15, 0.2) is 64.5 Å². The van der Waals surface area contributed by atoms with Gasteiger partial charge in [-0.2, -0.15) is 0 Å². The lowest BCUT2D eigenvalue weighted by atomic mass is 10.1. The Balaban J connectivity index is 1.85. The number of H-pyrrole nitrogens is 1. The van der Waals surface area contributed by atoms with E-state index in [-0.39, 0.29) is 10.6 Å². The highest BCUT2D eigenvalue weighted by Crippen LogP contribution is 2.18. The number of nitrogens with one attached hydrogen (secondary N) is 2. The summed E-state index contributed by atoms with van der Waals surface area (Å²) in [5.74, 6) is -0.403. The zero-order valence-corrected chi connectivity index (χ0v) is 15.0. The molecule has 0 radical (unpaired) electrons. The summed E-state index contributed by atoms with van der Waals surface area (Å²) in [5, 5.41) is 2.74. The first kappa shape index (κ1) is 17.7. The van der Waals surface area contributed by atoms with Crippen LogP contribution in [0, 0.1) is 6.92 Å². The van der Waals surface area contributed by atoms with Gasteiger partial charge in [0.2, 0.25) is 0 Å². The molecule has 26 heavy (non-hydrogen) atoms. The van der Waals surface area contributed by atoms with Crippen LogP contribution in [0.3, 0.4) is 0 Å². The summed E-state index contributed by atoms with van der Waals surface area (Å²) >= 11 is 0. The Kier molecular flexibility index (Phi) is 4.52. The van der Waals surface area contributed by atoms with Gasteiger partial charge >= 0.3 is 5.69 Å². The van der Waals surface area contributed by atoms with Gasteiger partial charge in [0.25, 0.3) is 5.91 Å². The van der Waals surface area contributed by atoms with Crippen molar-refractivity contribution in [3.63, 3.8) is 0 Å². The van der Waals surface area contributed by atoms with E-state index in [1.54, 1.807) is 43.5 Å². The van der Waals surface area contributed by atoms with Crippen molar-refractivity contribution in [3.8, 4) is 5.69 Å². The number of hydrogen-bond acceptors (Lipinski definition) is 4. The monoisotopic (exact) mass is 371 g/mol. The average Bonchev–Trinajstić information content (AvgIpc) is 3.01. The maximum Gasteiger partial charge on any atom is 0.330 e. The lowest BCUT2D eigenvalue weighted by Gasteiger charge is -2.10. The van der Waals surface area contributed by atoms with E-state index < -0.39 is 15.7 Å². The first-order valence-electron chi connectivity index (χ1n) is 7.74. The summed E-state index contributed by atoms with van der Waals surface area (Å²) in [6, 6.07) is 11.2. The molecule has 0 saturated carbocycles. The Labute approximate surface area is 150 Å². The molecule has 0 fully saturated rings. The summed E-state index contributed by atoms with van der Waals surface area (Å²) in [4.78, 5) is 26.8. The third kappa shape index (κ3) is 3.60. The molecule has 3 rings (SSSR count). The molecule has 2 aromatic carbocycles. The van der Waals surface area contributed by atoms with Crippen LogP contribution in [-0.2, 0) is 9.84 Å². The SMILES string of the molecule is Cc1ccc(S(C)(=O)=O)cc1C(=O)Nc1ccc(-n2cc[nH]c2=O)cc1. The fraction of sp³-hybridized carbons (Fsp3) is 0.111. The van der Waals surface area contributed by atoms with E-state index in [4.69, 9.17) is 0 Å². The topological polar surface area (TPSA) is 101 Å². The van der Waals surface area contributed by atoms with E-state index in [1.807, 2.05) is 0 Å². The van der Waals surface area contributed by atoms with Gasteiger partial charge in [0.05, 0.1) is 10.6 Å². The van der Waals surface area contributed by atoms with Gasteiger partial charge in [0, 0.05) is 29.9 Å². The third-order valence-corrected chi connectivity index (χ3v) is 5.04. The van der Waals surface area contributed by atoms with E-state index in [2.05, 4.69) is 10.3 Å². The van der Waals surface area contributed by atoms with Crippen molar-refractivity contribution in [3.05, 3.63) is 76.5 Å². The maximum absolute atomic E-state index is 12.5. The van der Waals surface area contributed by atoms with Crippen molar-refractivity contribution < 1.29 is 13.2 Å². The number of aromatic nitrogens is 2. The summed E-state index contributed by atoms with van der Waals surface area (Å²) in [6.45, 7) is 1.74. The molecular weight excluding hydrogens is 354 g/mol. The van der Waals surface area contributed by atoms with E-state index >= 15 is 0 Å². The molecule has 0 spiro atoms. The van der Waals surface area contributed by atoms with Crippen LogP contribution >= 0.6 is 0 Å². The van der Waals surface area contributed by atoms with E-state index in [0.717, 1.165) is 6.26 Å². The summed E-state index contributed by atoms with van der Waals surface area (Å²) in [7, 11) is -3.40. The Hall–Kier alpha value is -3.13. The minimum Gasteiger partial charge on any atom is -0.322 e. The number of aromatic amines is 1. The lowest BCUT2D eigenvalue weighted by Crippen LogP contribution is -2.15. The molecule has 8 heteroatoms. The molecule has 0 atom stereocenters. The normalized spacial score (nSPS) is 11.3. The highest BCUT2D eigenvalue weighted by Gasteiger charge is 2.14. The van der Waals surface area contributed by atoms with Gasteiger partial charge in [-0.15, -0.1) is 0 Å². The Morgan fingerprint density at radius 3 is 2.38 bits per heavy atom. The standard InChI is InChI=1S/C18H17N3O4S/c1-12-3-8-15(26(2,24)25)11-16(12)17(22)20-13-4-6-14(7-5-13)21-10-9-19-18(21)23/h3-11H,1-2H3,(H,19,23)(H,20,22). The van der Waals surface area contributed by atoms with Gasteiger partial charge in [0.1, 0.15) is 0 Å². The van der Waals surface area contributed by atoms with Gasteiger partial charge in [-0.3, -0.25) is 9.36 Å². The number of carbonyl (C=O) groups is 1. The van der Waals surface area contributed by atoms with Crippen LogP contribution in [0.25, 0.3) is 5.69 Å². The first-order valence-corrected chi connectivity index (χ1v) is 9.63. The molecule has 0 saturated heterocycles. The van der Waals surface area contributed by atoms with Crippen LogP contribution in [0.5, 0.6) is 0 Å². The number of aryl methyl sites for hydroxylation is 1. The largest absolute Gasteiger partial charge is 0.330 e. The fourth-order valence-electron chi connectivity index (χ4n) is 2.50. The molecule has 2 N–H and O–H groups in total. The van der Waals surface area contributed by atoms with E-state index in [9.17, 15) is 18.0 Å². The van der Waals surface area contributed by atoms with Crippen molar-refractivity contribution >= 4 is 21.4 Å². The van der Waals surface area contributed by atoms with Crippen molar-refractivity contribution in [1.29, 1.82) is 0 Å². The first-order chi connectivity index (χ1) is 12.3. The molecule has 0 aliphatic heterocycles. The maximum atomic E-state index is 12.5. The molecule has 134 valence electrons. The Morgan fingerprint density at radius 1 is 1.12 bits per heavy atom. The zero-order chi connectivity index (χ0) is 18.9. The summed E-state index contributed by atoms with van der Waals surface area (Å²) < 4.78 is 24.8. The molecule has 1 aromatic heterocycles. The molecule has 7 nitrogen and oxygen atoms in total. The molecular formula is C18H17N3O4S. The number of sulfone groups is 1. The number of imidazole rings is 1. The Bertz CT molecular complexity index is 1130. The second-order valence-electron chi connectivity index (χ2n) is 5.89. The van der Waals surface area contributed by atoms with Gasteiger partial charge < -0.3 is 10.3 Å². The molecule has 1 amide bonds. The van der Waals surface area contributed by atoms with Crippen LogP contribution in [0.1, 0.15) is 15.9 Å². The number of rotatable bonds is 4. The highest BCUT2D eigenvalue weighted by atomic mass is 32.2. The number of amides is 1. The molecule has 3 aromatic rings. The van der Waals surface area contributed by atoms with Crippen molar-refractivity contribution in [2.45, 2.75) is 11.8 Å². The number of anilines is 1.